The number of amides is 2. The molecule has 2 saturated heterocycles. The Labute approximate surface area is 161 Å². The van der Waals surface area contributed by atoms with E-state index in [1.807, 2.05) is 36.4 Å². The average molecular weight is 380 g/mol. The zero-order chi connectivity index (χ0) is 19.3. The lowest BCUT2D eigenvalue weighted by molar-refractivity contribution is -0.132. The quantitative estimate of drug-likeness (QED) is 0.802. The van der Waals surface area contributed by atoms with Crippen molar-refractivity contribution in [3.05, 3.63) is 60.6 Å². The Morgan fingerprint density at radius 3 is 3.04 bits per heavy atom. The van der Waals surface area contributed by atoms with Crippen LogP contribution in [0.4, 0.5) is 5.69 Å². The standard InChI is InChI=1S/C21H20N2O5/c1-26-14-5-2-4-13(10-14)23-12-21-8-7-16(28-21)17(18(21)20(23)25)19(24)22-11-15-6-3-9-27-15/h2-10,16-18H,11-12H2,1H3,(H,22,24)/t16-,17-,18-,21+/m0/s1. The molecule has 4 heterocycles. The van der Waals surface area contributed by atoms with Gasteiger partial charge in [0, 0.05) is 11.8 Å². The molecule has 1 aromatic carbocycles. The van der Waals surface area contributed by atoms with Crippen LogP contribution in [0.15, 0.2) is 59.2 Å². The van der Waals surface area contributed by atoms with Crippen LogP contribution in [0.25, 0.3) is 0 Å². The summed E-state index contributed by atoms with van der Waals surface area (Å²) in [5.74, 6) is -0.0446. The summed E-state index contributed by atoms with van der Waals surface area (Å²) in [6.45, 7) is 0.672. The summed E-state index contributed by atoms with van der Waals surface area (Å²) < 4.78 is 16.7. The van der Waals surface area contributed by atoms with E-state index >= 15 is 0 Å². The molecule has 3 aliphatic rings. The predicted molar refractivity (Wildman–Crippen MR) is 99.6 cm³/mol. The minimum Gasteiger partial charge on any atom is -0.497 e. The van der Waals surface area contributed by atoms with Gasteiger partial charge >= 0.3 is 0 Å². The van der Waals surface area contributed by atoms with Gasteiger partial charge in [-0.15, -0.1) is 0 Å². The number of anilines is 1. The highest BCUT2D eigenvalue weighted by Gasteiger charge is 2.67. The topological polar surface area (TPSA) is 81.0 Å². The maximum atomic E-state index is 13.3. The molecule has 4 atom stereocenters. The number of furan rings is 1. The zero-order valence-corrected chi connectivity index (χ0v) is 15.3. The summed E-state index contributed by atoms with van der Waals surface area (Å²) in [6, 6.07) is 10.9. The lowest BCUT2D eigenvalue weighted by Crippen LogP contribution is -2.43. The van der Waals surface area contributed by atoms with Gasteiger partial charge < -0.3 is 24.1 Å². The number of hydrogen-bond acceptors (Lipinski definition) is 5. The number of methoxy groups -OCH3 is 1. The van der Waals surface area contributed by atoms with Gasteiger partial charge in [-0.2, -0.15) is 0 Å². The van der Waals surface area contributed by atoms with Gasteiger partial charge in [0.1, 0.15) is 17.1 Å². The highest BCUT2D eigenvalue weighted by Crippen LogP contribution is 2.52. The molecule has 0 unspecified atom stereocenters. The molecule has 2 fully saturated rings. The van der Waals surface area contributed by atoms with E-state index in [1.165, 1.54) is 0 Å². The van der Waals surface area contributed by atoms with E-state index < -0.39 is 17.4 Å². The first-order valence-electron chi connectivity index (χ1n) is 9.24. The number of benzene rings is 1. The second-order valence-corrected chi connectivity index (χ2v) is 7.32. The fraction of sp³-hybridized carbons (Fsp3) is 0.333. The van der Waals surface area contributed by atoms with Crippen molar-refractivity contribution in [1.82, 2.24) is 5.32 Å². The van der Waals surface area contributed by atoms with Gasteiger partial charge in [0.2, 0.25) is 11.8 Å². The van der Waals surface area contributed by atoms with E-state index in [-0.39, 0.29) is 24.5 Å². The first-order valence-corrected chi connectivity index (χ1v) is 9.24. The van der Waals surface area contributed by atoms with Crippen LogP contribution < -0.4 is 15.0 Å². The van der Waals surface area contributed by atoms with E-state index in [1.54, 1.807) is 30.4 Å². The fourth-order valence-corrected chi connectivity index (χ4v) is 4.50. The molecule has 1 spiro atoms. The fourth-order valence-electron chi connectivity index (χ4n) is 4.50. The maximum Gasteiger partial charge on any atom is 0.234 e. The number of ether oxygens (including phenoxy) is 2. The van der Waals surface area contributed by atoms with Gasteiger partial charge in [-0.25, -0.2) is 0 Å². The van der Waals surface area contributed by atoms with Crippen LogP contribution in [0.2, 0.25) is 0 Å². The largest absolute Gasteiger partial charge is 0.497 e. The second kappa shape index (κ2) is 6.24. The van der Waals surface area contributed by atoms with Crippen molar-refractivity contribution in [2.75, 3.05) is 18.6 Å². The van der Waals surface area contributed by atoms with Crippen molar-refractivity contribution < 1.29 is 23.5 Å². The molecule has 2 aromatic rings. The molecule has 7 heteroatoms. The monoisotopic (exact) mass is 380 g/mol. The minimum atomic E-state index is -0.752. The summed E-state index contributed by atoms with van der Waals surface area (Å²) in [6.07, 6.45) is 5.03. The lowest BCUT2D eigenvalue weighted by atomic mass is 9.77. The summed E-state index contributed by atoms with van der Waals surface area (Å²) in [7, 11) is 1.59. The molecule has 144 valence electrons. The summed E-state index contributed by atoms with van der Waals surface area (Å²) in [5.41, 5.74) is -0.0133. The number of rotatable bonds is 5. The molecule has 0 saturated carbocycles. The van der Waals surface area contributed by atoms with Crippen LogP contribution in [0.5, 0.6) is 5.75 Å². The van der Waals surface area contributed by atoms with Crippen molar-refractivity contribution in [3.8, 4) is 5.75 Å². The number of fused-ring (bicyclic) bond motifs is 1. The summed E-state index contributed by atoms with van der Waals surface area (Å²) in [4.78, 5) is 27.9. The van der Waals surface area contributed by atoms with Crippen LogP contribution in [0.3, 0.4) is 0 Å². The van der Waals surface area contributed by atoms with Crippen LogP contribution in [0, 0.1) is 11.8 Å². The highest BCUT2D eigenvalue weighted by molar-refractivity contribution is 6.03. The molecular formula is C21H20N2O5. The maximum absolute atomic E-state index is 13.3. The van der Waals surface area contributed by atoms with Crippen LogP contribution >= 0.6 is 0 Å². The number of nitrogens with one attached hydrogen (secondary N) is 1. The Hall–Kier alpha value is -3.06. The average Bonchev–Trinajstić information content (AvgIpc) is 3.48. The first-order chi connectivity index (χ1) is 13.6. The summed E-state index contributed by atoms with van der Waals surface area (Å²) in [5, 5.41) is 2.88. The number of nitrogens with zero attached hydrogens (tertiary/aromatic N) is 1. The molecule has 1 N–H and O–H groups in total. The summed E-state index contributed by atoms with van der Waals surface area (Å²) >= 11 is 0. The van der Waals surface area contributed by atoms with E-state index in [4.69, 9.17) is 13.9 Å². The normalized spacial score (nSPS) is 30.0. The molecular weight excluding hydrogens is 360 g/mol. The number of hydrogen-bond donors (Lipinski definition) is 1. The van der Waals surface area contributed by atoms with Gasteiger partial charge in [-0.1, -0.05) is 18.2 Å². The predicted octanol–water partition coefficient (Wildman–Crippen LogP) is 1.89. The van der Waals surface area contributed by atoms with Gasteiger partial charge in [-0.3, -0.25) is 9.59 Å². The van der Waals surface area contributed by atoms with Gasteiger partial charge in [-0.05, 0) is 24.3 Å². The Morgan fingerprint density at radius 1 is 1.36 bits per heavy atom. The van der Waals surface area contributed by atoms with Gasteiger partial charge in [0.15, 0.2) is 0 Å². The Balaban J connectivity index is 1.40. The van der Waals surface area contributed by atoms with E-state index in [0.717, 1.165) is 5.69 Å². The van der Waals surface area contributed by atoms with Crippen LogP contribution in [-0.2, 0) is 20.9 Å². The van der Waals surface area contributed by atoms with Crippen molar-refractivity contribution in [2.24, 2.45) is 11.8 Å². The van der Waals surface area contributed by atoms with Crippen molar-refractivity contribution in [3.63, 3.8) is 0 Å². The van der Waals surface area contributed by atoms with Crippen molar-refractivity contribution in [1.29, 1.82) is 0 Å². The molecule has 1 aromatic heterocycles. The van der Waals surface area contributed by atoms with Gasteiger partial charge in [0.05, 0.1) is 44.4 Å². The highest BCUT2D eigenvalue weighted by atomic mass is 16.5. The molecule has 2 bridgehead atoms. The van der Waals surface area contributed by atoms with E-state index in [0.29, 0.717) is 18.1 Å². The Morgan fingerprint density at radius 2 is 2.25 bits per heavy atom. The van der Waals surface area contributed by atoms with Crippen LogP contribution in [-0.4, -0.2) is 37.2 Å². The second-order valence-electron chi connectivity index (χ2n) is 7.32. The minimum absolute atomic E-state index is 0.0988. The third-order valence-electron chi connectivity index (χ3n) is 5.79. The molecule has 5 rings (SSSR count). The molecule has 0 radical (unpaired) electrons. The first kappa shape index (κ1) is 17.1. The van der Waals surface area contributed by atoms with Crippen LogP contribution in [0.1, 0.15) is 5.76 Å². The molecule has 28 heavy (non-hydrogen) atoms. The zero-order valence-electron chi connectivity index (χ0n) is 15.3. The third kappa shape index (κ3) is 2.46. The SMILES string of the molecule is COc1cccc(N2C[C@@]34C=C[C@H](O3)[C@H](C(=O)NCc3ccco3)[C@H]4C2=O)c1. The molecule has 3 aliphatic heterocycles. The number of carbonyl (C=O) groups excluding carboxylic acids is 2. The molecule has 0 aliphatic carbocycles. The van der Waals surface area contributed by atoms with Crippen molar-refractivity contribution >= 4 is 17.5 Å². The third-order valence-corrected chi connectivity index (χ3v) is 5.79. The number of carbonyl (C=O) groups is 2. The lowest BCUT2D eigenvalue weighted by Gasteiger charge is -2.23. The van der Waals surface area contributed by atoms with E-state index in [9.17, 15) is 9.59 Å². The molecule has 7 nitrogen and oxygen atoms in total. The molecule has 2 amide bonds. The van der Waals surface area contributed by atoms with Crippen molar-refractivity contribution in [2.45, 2.75) is 18.2 Å². The smallest absolute Gasteiger partial charge is 0.234 e. The Bertz CT molecular complexity index is 953. The van der Waals surface area contributed by atoms with E-state index in [2.05, 4.69) is 5.32 Å². The Kier molecular flexibility index (Phi) is 3.80. The van der Waals surface area contributed by atoms with Gasteiger partial charge in [0.25, 0.3) is 0 Å².